The number of nitrogens with one attached hydrogen (secondary N) is 1. The van der Waals surface area contributed by atoms with E-state index in [9.17, 15) is 5.11 Å². The molecule has 0 saturated carbocycles. The summed E-state index contributed by atoms with van der Waals surface area (Å²) in [5.74, 6) is 1.72. The number of hydrogen-bond donors (Lipinski definition) is 2. The van der Waals surface area contributed by atoms with Gasteiger partial charge in [0.15, 0.2) is 5.75 Å². The van der Waals surface area contributed by atoms with Crippen molar-refractivity contribution in [3.63, 3.8) is 0 Å². The summed E-state index contributed by atoms with van der Waals surface area (Å²) in [4.78, 5) is 4.12. The summed E-state index contributed by atoms with van der Waals surface area (Å²) in [6, 6.07) is 18.6. The van der Waals surface area contributed by atoms with Crippen LogP contribution in [0, 0.1) is 0 Å². The summed E-state index contributed by atoms with van der Waals surface area (Å²) in [7, 11) is 0. The molecule has 22 heavy (non-hydrogen) atoms. The van der Waals surface area contributed by atoms with Crippen molar-refractivity contribution in [2.24, 2.45) is 0 Å². The zero-order chi connectivity index (χ0) is 15.2. The summed E-state index contributed by atoms with van der Waals surface area (Å²) in [5.41, 5.74) is 1.59. The van der Waals surface area contributed by atoms with E-state index in [-0.39, 0.29) is 5.75 Å². The molecule has 4 heteroatoms. The van der Waals surface area contributed by atoms with Crippen LogP contribution in [-0.2, 0) is 6.54 Å². The first-order valence-corrected chi connectivity index (χ1v) is 7.00. The molecule has 0 saturated heterocycles. The number of anilines is 1. The van der Waals surface area contributed by atoms with Gasteiger partial charge in [0, 0.05) is 24.4 Å². The highest BCUT2D eigenvalue weighted by atomic mass is 16.5. The molecule has 2 N–H and O–H groups in total. The normalized spacial score (nSPS) is 10.2. The van der Waals surface area contributed by atoms with Gasteiger partial charge in [-0.25, -0.2) is 0 Å². The molecule has 1 aromatic heterocycles. The Labute approximate surface area is 129 Å². The smallest absolute Gasteiger partial charge is 0.153 e. The van der Waals surface area contributed by atoms with Crippen LogP contribution in [0.3, 0.4) is 0 Å². The predicted molar refractivity (Wildman–Crippen MR) is 86.2 cm³/mol. The maximum Gasteiger partial charge on any atom is 0.153 e. The number of hydrogen-bond acceptors (Lipinski definition) is 4. The van der Waals surface area contributed by atoms with E-state index in [1.807, 2.05) is 42.5 Å². The largest absolute Gasteiger partial charge is 0.508 e. The van der Waals surface area contributed by atoms with Gasteiger partial charge in [0.05, 0.1) is 11.9 Å². The molecular weight excluding hydrogens is 276 g/mol. The molecule has 0 aliphatic heterocycles. The standard InChI is InChI=1S/C18H16N2O2/c21-17-9-5-4-6-14(17)12-20-16-13-19-11-10-18(16)22-15-7-2-1-3-8-15/h1-11,13,20-21H,12H2. The molecule has 0 unspecified atom stereocenters. The number of nitrogens with zero attached hydrogens (tertiary/aromatic N) is 1. The first-order valence-electron chi connectivity index (χ1n) is 7.00. The molecule has 1 heterocycles. The maximum absolute atomic E-state index is 9.81. The molecule has 0 spiro atoms. The maximum atomic E-state index is 9.81. The van der Waals surface area contributed by atoms with Crippen LogP contribution in [0.1, 0.15) is 5.56 Å². The second kappa shape index (κ2) is 6.63. The summed E-state index contributed by atoms with van der Waals surface area (Å²) in [5, 5.41) is 13.0. The van der Waals surface area contributed by atoms with Crippen molar-refractivity contribution in [1.82, 2.24) is 4.98 Å². The van der Waals surface area contributed by atoms with Crippen LogP contribution in [0.4, 0.5) is 5.69 Å². The highest BCUT2D eigenvalue weighted by Crippen LogP contribution is 2.29. The first-order chi connectivity index (χ1) is 10.8. The number of ether oxygens (including phenoxy) is 1. The number of para-hydroxylation sites is 2. The van der Waals surface area contributed by atoms with E-state index in [1.165, 1.54) is 0 Å². The van der Waals surface area contributed by atoms with E-state index >= 15 is 0 Å². The fraction of sp³-hybridized carbons (Fsp3) is 0.0556. The Kier molecular flexibility index (Phi) is 4.20. The molecular formula is C18H16N2O2. The molecule has 3 aromatic rings. The lowest BCUT2D eigenvalue weighted by molar-refractivity contribution is 0.468. The lowest BCUT2D eigenvalue weighted by Crippen LogP contribution is -2.01. The van der Waals surface area contributed by atoms with E-state index in [1.54, 1.807) is 30.6 Å². The van der Waals surface area contributed by atoms with Crippen molar-refractivity contribution in [3.05, 3.63) is 78.6 Å². The summed E-state index contributed by atoms with van der Waals surface area (Å²) in [6.07, 6.45) is 3.39. The third-order valence-corrected chi connectivity index (χ3v) is 3.21. The molecule has 0 aliphatic rings. The Balaban J connectivity index is 1.75. The van der Waals surface area contributed by atoms with E-state index in [4.69, 9.17) is 4.74 Å². The van der Waals surface area contributed by atoms with Gasteiger partial charge in [0.25, 0.3) is 0 Å². The third-order valence-electron chi connectivity index (χ3n) is 3.21. The molecule has 110 valence electrons. The van der Waals surface area contributed by atoms with E-state index < -0.39 is 0 Å². The molecule has 0 aliphatic carbocycles. The molecule has 0 radical (unpaired) electrons. The third kappa shape index (κ3) is 3.35. The van der Waals surface area contributed by atoms with Gasteiger partial charge in [-0.15, -0.1) is 0 Å². The van der Waals surface area contributed by atoms with Gasteiger partial charge >= 0.3 is 0 Å². The monoisotopic (exact) mass is 292 g/mol. The zero-order valence-corrected chi connectivity index (χ0v) is 11.9. The average Bonchev–Trinajstić information content (AvgIpc) is 2.56. The van der Waals surface area contributed by atoms with Gasteiger partial charge in [0.2, 0.25) is 0 Å². The highest BCUT2D eigenvalue weighted by Gasteiger charge is 2.06. The van der Waals surface area contributed by atoms with Gasteiger partial charge < -0.3 is 15.2 Å². The minimum atomic E-state index is 0.268. The molecule has 0 atom stereocenters. The second-order valence-corrected chi connectivity index (χ2v) is 4.77. The number of phenols is 1. The summed E-state index contributed by atoms with van der Waals surface area (Å²) >= 11 is 0. The highest BCUT2D eigenvalue weighted by molar-refractivity contribution is 5.56. The Morgan fingerprint density at radius 2 is 1.73 bits per heavy atom. The van der Waals surface area contributed by atoms with Crippen LogP contribution >= 0.6 is 0 Å². The quantitative estimate of drug-likeness (QED) is 0.740. The first kappa shape index (κ1) is 13.9. The minimum Gasteiger partial charge on any atom is -0.508 e. The van der Waals surface area contributed by atoms with Crippen LogP contribution in [0.2, 0.25) is 0 Å². The van der Waals surface area contributed by atoms with Crippen molar-refractivity contribution in [1.29, 1.82) is 0 Å². The Morgan fingerprint density at radius 3 is 2.55 bits per heavy atom. The SMILES string of the molecule is Oc1ccccc1CNc1cnccc1Oc1ccccc1. The number of phenolic OH excluding ortho intramolecular Hbond substituents is 1. The lowest BCUT2D eigenvalue weighted by Gasteiger charge is -2.13. The molecule has 2 aromatic carbocycles. The van der Waals surface area contributed by atoms with Crippen molar-refractivity contribution >= 4 is 5.69 Å². The molecule has 0 bridgehead atoms. The Morgan fingerprint density at radius 1 is 0.955 bits per heavy atom. The van der Waals surface area contributed by atoms with Crippen LogP contribution in [0.5, 0.6) is 17.2 Å². The van der Waals surface area contributed by atoms with Crippen LogP contribution < -0.4 is 10.1 Å². The number of rotatable bonds is 5. The summed E-state index contributed by atoms with van der Waals surface area (Å²) in [6.45, 7) is 0.490. The van der Waals surface area contributed by atoms with Crippen molar-refractivity contribution in [2.75, 3.05) is 5.32 Å². The lowest BCUT2D eigenvalue weighted by atomic mass is 10.2. The van der Waals surface area contributed by atoms with Crippen molar-refractivity contribution < 1.29 is 9.84 Å². The summed E-state index contributed by atoms with van der Waals surface area (Å²) < 4.78 is 5.86. The van der Waals surface area contributed by atoms with Crippen LogP contribution in [0.25, 0.3) is 0 Å². The molecule has 0 fully saturated rings. The Hall–Kier alpha value is -3.01. The second-order valence-electron chi connectivity index (χ2n) is 4.77. The number of aromatic hydroxyl groups is 1. The zero-order valence-electron chi connectivity index (χ0n) is 11.9. The molecule has 4 nitrogen and oxygen atoms in total. The topological polar surface area (TPSA) is 54.4 Å². The van der Waals surface area contributed by atoms with Gasteiger partial charge in [0.1, 0.15) is 11.5 Å². The van der Waals surface area contributed by atoms with E-state index in [0.717, 1.165) is 17.0 Å². The fourth-order valence-electron chi connectivity index (χ4n) is 2.07. The molecule has 0 amide bonds. The van der Waals surface area contributed by atoms with E-state index in [0.29, 0.717) is 12.3 Å². The van der Waals surface area contributed by atoms with Gasteiger partial charge in [-0.05, 0) is 18.2 Å². The average molecular weight is 292 g/mol. The van der Waals surface area contributed by atoms with Crippen LogP contribution in [0.15, 0.2) is 73.1 Å². The molecule has 3 rings (SSSR count). The van der Waals surface area contributed by atoms with Crippen LogP contribution in [-0.4, -0.2) is 10.1 Å². The van der Waals surface area contributed by atoms with Gasteiger partial charge in [-0.1, -0.05) is 36.4 Å². The van der Waals surface area contributed by atoms with Gasteiger partial charge in [-0.3, -0.25) is 4.98 Å². The van der Waals surface area contributed by atoms with Crippen molar-refractivity contribution in [3.8, 4) is 17.2 Å². The Bertz CT molecular complexity index is 745. The minimum absolute atomic E-state index is 0.268. The number of aromatic nitrogens is 1. The number of benzene rings is 2. The van der Waals surface area contributed by atoms with Crippen molar-refractivity contribution in [2.45, 2.75) is 6.54 Å². The number of pyridine rings is 1. The van der Waals surface area contributed by atoms with Gasteiger partial charge in [-0.2, -0.15) is 0 Å². The predicted octanol–water partition coefficient (Wildman–Crippen LogP) is 4.19. The fourth-order valence-corrected chi connectivity index (χ4v) is 2.07. The van der Waals surface area contributed by atoms with E-state index in [2.05, 4.69) is 10.3 Å².